The van der Waals surface area contributed by atoms with Crippen LogP contribution in [-0.4, -0.2) is 31.1 Å². The highest BCUT2D eigenvalue weighted by Gasteiger charge is 2.45. The lowest BCUT2D eigenvalue weighted by atomic mass is 10.0. The van der Waals surface area contributed by atoms with Crippen molar-refractivity contribution in [1.82, 2.24) is 0 Å². The van der Waals surface area contributed by atoms with Crippen LogP contribution in [0.15, 0.2) is 30.3 Å². The zero-order valence-corrected chi connectivity index (χ0v) is 10.9. The molecule has 0 N–H and O–H groups in total. The van der Waals surface area contributed by atoms with Crippen LogP contribution >= 0.6 is 0 Å². The van der Waals surface area contributed by atoms with E-state index >= 15 is 0 Å². The molecular formula is C14H18O4. The van der Waals surface area contributed by atoms with Crippen molar-refractivity contribution in [2.45, 2.75) is 38.3 Å². The van der Waals surface area contributed by atoms with E-state index in [0.717, 1.165) is 5.56 Å². The lowest BCUT2D eigenvalue weighted by Crippen LogP contribution is -2.33. The van der Waals surface area contributed by atoms with Crippen LogP contribution in [0.1, 0.15) is 19.4 Å². The Labute approximate surface area is 107 Å². The van der Waals surface area contributed by atoms with Crippen molar-refractivity contribution < 1.29 is 19.0 Å². The van der Waals surface area contributed by atoms with Gasteiger partial charge in [-0.3, -0.25) is 0 Å². The molecule has 98 valence electrons. The molecule has 1 aliphatic heterocycles. The molecule has 1 saturated heterocycles. The number of carbonyl (C=O) groups is 1. The molecule has 1 heterocycles. The van der Waals surface area contributed by atoms with Crippen LogP contribution in [0.2, 0.25) is 0 Å². The molecule has 0 aromatic heterocycles. The van der Waals surface area contributed by atoms with Crippen molar-refractivity contribution in [3.8, 4) is 0 Å². The summed E-state index contributed by atoms with van der Waals surface area (Å²) >= 11 is 0. The maximum absolute atomic E-state index is 11.7. The molecule has 2 rings (SSSR count). The molecule has 0 amide bonds. The minimum absolute atomic E-state index is 0.310. The zero-order valence-electron chi connectivity index (χ0n) is 10.9. The number of carbonyl (C=O) groups excluding carboxylic acids is 1. The largest absolute Gasteiger partial charge is 0.467 e. The summed E-state index contributed by atoms with van der Waals surface area (Å²) in [5.74, 6) is -1.14. The zero-order chi connectivity index (χ0) is 13.2. The SMILES string of the molecule is COC(=O)[C@H]1OC(C)(C)O[C@H]1Cc1ccccc1. The third kappa shape index (κ3) is 2.89. The minimum Gasteiger partial charge on any atom is -0.467 e. The van der Waals surface area contributed by atoms with Gasteiger partial charge in [-0.25, -0.2) is 4.79 Å². The summed E-state index contributed by atoms with van der Waals surface area (Å²) < 4.78 is 16.1. The lowest BCUT2D eigenvalue weighted by Gasteiger charge is -2.16. The van der Waals surface area contributed by atoms with Crippen LogP contribution in [-0.2, 0) is 25.4 Å². The normalized spacial score (nSPS) is 25.9. The van der Waals surface area contributed by atoms with Crippen LogP contribution < -0.4 is 0 Å². The molecule has 1 aromatic carbocycles. The second-order valence-electron chi connectivity index (χ2n) is 4.81. The second kappa shape index (κ2) is 5.08. The van der Waals surface area contributed by atoms with E-state index in [1.165, 1.54) is 7.11 Å². The van der Waals surface area contributed by atoms with Crippen molar-refractivity contribution in [3.63, 3.8) is 0 Å². The predicted molar refractivity (Wildman–Crippen MR) is 66.0 cm³/mol. The van der Waals surface area contributed by atoms with Crippen LogP contribution in [0.5, 0.6) is 0 Å². The monoisotopic (exact) mass is 250 g/mol. The highest BCUT2D eigenvalue weighted by Crippen LogP contribution is 2.30. The number of benzene rings is 1. The summed E-state index contributed by atoms with van der Waals surface area (Å²) in [6, 6.07) is 9.89. The van der Waals surface area contributed by atoms with Crippen LogP contribution in [0, 0.1) is 0 Å². The summed E-state index contributed by atoms with van der Waals surface area (Å²) in [6.07, 6.45) is -0.343. The Hall–Kier alpha value is -1.39. The van der Waals surface area contributed by atoms with Crippen molar-refractivity contribution in [2.75, 3.05) is 7.11 Å². The fraction of sp³-hybridized carbons (Fsp3) is 0.500. The van der Waals surface area contributed by atoms with E-state index in [0.29, 0.717) is 6.42 Å². The topological polar surface area (TPSA) is 44.8 Å². The number of esters is 1. The Bertz CT molecular complexity index is 413. The van der Waals surface area contributed by atoms with Gasteiger partial charge in [0.25, 0.3) is 0 Å². The molecule has 0 unspecified atom stereocenters. The Balaban J connectivity index is 2.12. The van der Waals surface area contributed by atoms with Gasteiger partial charge in [0.05, 0.1) is 7.11 Å². The van der Waals surface area contributed by atoms with Gasteiger partial charge >= 0.3 is 5.97 Å². The summed E-state index contributed by atoms with van der Waals surface area (Å²) in [6.45, 7) is 3.60. The highest BCUT2D eigenvalue weighted by molar-refractivity contribution is 5.75. The van der Waals surface area contributed by atoms with E-state index in [2.05, 4.69) is 0 Å². The molecule has 0 radical (unpaired) electrons. The molecule has 4 nitrogen and oxygen atoms in total. The summed E-state index contributed by atoms with van der Waals surface area (Å²) in [5, 5.41) is 0. The van der Waals surface area contributed by atoms with Crippen molar-refractivity contribution in [1.29, 1.82) is 0 Å². The molecule has 0 saturated carbocycles. The third-order valence-electron chi connectivity index (χ3n) is 2.90. The minimum atomic E-state index is -0.752. The molecule has 1 aliphatic rings. The Kier molecular flexibility index (Phi) is 3.68. The fourth-order valence-electron chi connectivity index (χ4n) is 2.15. The highest BCUT2D eigenvalue weighted by atomic mass is 16.8. The van der Waals surface area contributed by atoms with E-state index in [9.17, 15) is 4.79 Å². The third-order valence-corrected chi connectivity index (χ3v) is 2.90. The van der Waals surface area contributed by atoms with Gasteiger partial charge < -0.3 is 14.2 Å². The number of methoxy groups -OCH3 is 1. The molecular weight excluding hydrogens is 232 g/mol. The molecule has 0 bridgehead atoms. The standard InChI is InChI=1S/C14H18O4/c1-14(2)17-11(12(18-14)13(15)16-3)9-10-7-5-4-6-8-10/h4-8,11-12H,9H2,1-3H3/t11-,12-/m0/s1. The van der Waals surface area contributed by atoms with Crippen LogP contribution in [0.4, 0.5) is 0 Å². The number of rotatable bonds is 3. The van der Waals surface area contributed by atoms with Crippen LogP contribution in [0.3, 0.4) is 0 Å². The lowest BCUT2D eigenvalue weighted by molar-refractivity contribution is -0.168. The van der Waals surface area contributed by atoms with E-state index in [1.807, 2.05) is 30.3 Å². The van der Waals surface area contributed by atoms with Gasteiger partial charge in [-0.2, -0.15) is 0 Å². The Morgan fingerprint density at radius 2 is 1.94 bits per heavy atom. The van der Waals surface area contributed by atoms with Gasteiger partial charge in [-0.15, -0.1) is 0 Å². The molecule has 4 heteroatoms. The molecule has 0 aliphatic carbocycles. The summed E-state index contributed by atoms with van der Waals surface area (Å²) in [7, 11) is 1.36. The summed E-state index contributed by atoms with van der Waals surface area (Å²) in [5.41, 5.74) is 1.11. The number of hydrogen-bond acceptors (Lipinski definition) is 4. The van der Waals surface area contributed by atoms with Gasteiger partial charge in [-0.1, -0.05) is 30.3 Å². The van der Waals surface area contributed by atoms with Gasteiger partial charge in [0, 0.05) is 6.42 Å². The second-order valence-corrected chi connectivity index (χ2v) is 4.81. The van der Waals surface area contributed by atoms with Gasteiger partial charge in [-0.05, 0) is 19.4 Å². The van der Waals surface area contributed by atoms with E-state index < -0.39 is 11.9 Å². The molecule has 0 spiro atoms. The van der Waals surface area contributed by atoms with Gasteiger partial charge in [0.1, 0.15) is 6.10 Å². The Morgan fingerprint density at radius 3 is 2.56 bits per heavy atom. The first-order valence-corrected chi connectivity index (χ1v) is 5.99. The summed E-state index contributed by atoms with van der Waals surface area (Å²) in [4.78, 5) is 11.7. The average molecular weight is 250 g/mol. The van der Waals surface area contributed by atoms with E-state index in [4.69, 9.17) is 14.2 Å². The molecule has 1 fully saturated rings. The van der Waals surface area contributed by atoms with Crippen LogP contribution in [0.25, 0.3) is 0 Å². The maximum Gasteiger partial charge on any atom is 0.337 e. The first-order valence-electron chi connectivity index (χ1n) is 5.99. The maximum atomic E-state index is 11.7. The number of ether oxygens (including phenoxy) is 3. The van der Waals surface area contributed by atoms with Gasteiger partial charge in [0.2, 0.25) is 0 Å². The first-order chi connectivity index (χ1) is 8.52. The van der Waals surface area contributed by atoms with E-state index in [-0.39, 0.29) is 12.1 Å². The first kappa shape index (κ1) is 13.1. The quantitative estimate of drug-likeness (QED) is 0.769. The molecule has 2 atom stereocenters. The molecule has 1 aromatic rings. The van der Waals surface area contributed by atoms with Crippen molar-refractivity contribution in [3.05, 3.63) is 35.9 Å². The van der Waals surface area contributed by atoms with Crippen molar-refractivity contribution >= 4 is 5.97 Å². The average Bonchev–Trinajstić information content (AvgIpc) is 2.65. The van der Waals surface area contributed by atoms with Gasteiger partial charge in [0.15, 0.2) is 11.9 Å². The fourth-order valence-corrected chi connectivity index (χ4v) is 2.15. The van der Waals surface area contributed by atoms with E-state index in [1.54, 1.807) is 13.8 Å². The van der Waals surface area contributed by atoms with Crippen molar-refractivity contribution in [2.24, 2.45) is 0 Å². The predicted octanol–water partition coefficient (Wildman–Crippen LogP) is 1.92. The molecule has 18 heavy (non-hydrogen) atoms. The number of hydrogen-bond donors (Lipinski definition) is 0. The smallest absolute Gasteiger partial charge is 0.337 e. The Morgan fingerprint density at radius 1 is 1.28 bits per heavy atom.